The van der Waals surface area contributed by atoms with E-state index in [1.54, 1.807) is 0 Å². The smallest absolute Gasteiger partial charge is 0.156 e. The Bertz CT molecular complexity index is 370. The number of aliphatic hydroxyl groups excluding tert-OH is 1. The second-order valence-corrected chi connectivity index (χ2v) is 4.52. The van der Waals surface area contributed by atoms with E-state index in [0.717, 1.165) is 37.2 Å². The van der Waals surface area contributed by atoms with Crippen molar-refractivity contribution in [1.82, 2.24) is 4.48 Å². The maximum absolute atomic E-state index is 9.23. The molecular weight excluding hydrogens is 188 g/mol. The Morgan fingerprint density at radius 2 is 1.93 bits per heavy atom. The van der Waals surface area contributed by atoms with Crippen LogP contribution in [0.15, 0.2) is 24.3 Å². The molecule has 0 radical (unpaired) electrons. The molecule has 0 aromatic heterocycles. The van der Waals surface area contributed by atoms with E-state index >= 15 is 0 Å². The van der Waals surface area contributed by atoms with Crippen molar-refractivity contribution < 1.29 is 5.11 Å². The van der Waals surface area contributed by atoms with Gasteiger partial charge in [0, 0.05) is 6.07 Å². The highest BCUT2D eigenvalue weighted by Crippen LogP contribution is 2.40. The van der Waals surface area contributed by atoms with Gasteiger partial charge in [0.15, 0.2) is 5.69 Å². The summed E-state index contributed by atoms with van der Waals surface area (Å²) in [6, 6.07) is 8.64. The number of piperazine rings is 1. The number of rotatable bonds is 2. The van der Waals surface area contributed by atoms with E-state index in [-0.39, 0.29) is 6.61 Å². The van der Waals surface area contributed by atoms with Crippen LogP contribution in [0.5, 0.6) is 0 Å². The molecule has 0 atom stereocenters. The summed E-state index contributed by atoms with van der Waals surface area (Å²) in [6.07, 6.45) is 0. The summed E-state index contributed by atoms with van der Waals surface area (Å²) in [4.78, 5) is 2.46. The van der Waals surface area contributed by atoms with Gasteiger partial charge in [0.25, 0.3) is 0 Å². The lowest BCUT2D eigenvalue weighted by molar-refractivity contribution is 0.181. The van der Waals surface area contributed by atoms with Crippen molar-refractivity contribution in [3.63, 3.8) is 0 Å². The molecule has 0 amide bonds. The molecule has 3 heteroatoms. The third kappa shape index (κ3) is 1.20. The molecule has 1 N–H and O–H groups in total. The third-order valence-electron chi connectivity index (χ3n) is 3.86. The summed E-state index contributed by atoms with van der Waals surface area (Å²) >= 11 is 0. The Kier molecular flexibility index (Phi) is 1.97. The lowest BCUT2D eigenvalue weighted by Gasteiger charge is -2.51. The number of nitrogens with zero attached hydrogens (tertiary/aromatic N) is 2. The van der Waals surface area contributed by atoms with Crippen LogP contribution in [0.3, 0.4) is 0 Å². The molecule has 1 aromatic rings. The average Bonchev–Trinajstić information content (AvgIpc) is 2.31. The van der Waals surface area contributed by atoms with E-state index in [2.05, 4.69) is 29.2 Å². The van der Waals surface area contributed by atoms with Crippen molar-refractivity contribution in [3.8, 4) is 0 Å². The van der Waals surface area contributed by atoms with Gasteiger partial charge < -0.3 is 10.0 Å². The molecule has 0 aliphatic carbocycles. The van der Waals surface area contributed by atoms with Gasteiger partial charge in [0.1, 0.15) is 19.6 Å². The minimum Gasteiger partial charge on any atom is -0.390 e. The standard InChI is InChI=1S/C12H17N2O/c15-10-9-14-7-5-13(6-8-14)11-3-1-2-4-12(11)14/h1-4,15H,5-10H2/q+1. The van der Waals surface area contributed by atoms with Crippen LogP contribution in [-0.4, -0.2) is 44.4 Å². The molecule has 0 spiro atoms. The predicted molar refractivity (Wildman–Crippen MR) is 62.1 cm³/mol. The van der Waals surface area contributed by atoms with Gasteiger partial charge in [0.2, 0.25) is 0 Å². The zero-order chi connectivity index (χ0) is 10.3. The number of fused-ring (bicyclic) bond motifs is 2. The van der Waals surface area contributed by atoms with Crippen molar-refractivity contribution in [2.45, 2.75) is 0 Å². The zero-order valence-electron chi connectivity index (χ0n) is 8.89. The lowest BCUT2D eigenvalue weighted by Crippen LogP contribution is -2.65. The number of para-hydroxylation sites is 2. The fraction of sp³-hybridized carbons (Fsp3) is 0.500. The Morgan fingerprint density at radius 3 is 2.67 bits per heavy atom. The van der Waals surface area contributed by atoms with Crippen molar-refractivity contribution in [3.05, 3.63) is 24.3 Å². The summed E-state index contributed by atoms with van der Waals surface area (Å²) in [6.45, 7) is 5.72. The molecule has 3 nitrogen and oxygen atoms in total. The van der Waals surface area contributed by atoms with Crippen LogP contribution in [0.1, 0.15) is 0 Å². The molecule has 1 saturated heterocycles. The van der Waals surface area contributed by atoms with E-state index in [1.807, 2.05) is 0 Å². The molecular formula is C12H17N2O+. The second-order valence-electron chi connectivity index (χ2n) is 4.52. The fourth-order valence-electron chi connectivity index (χ4n) is 3.00. The number of benzene rings is 1. The fourth-order valence-corrected chi connectivity index (χ4v) is 3.00. The molecule has 1 fully saturated rings. The Hall–Kier alpha value is -1.06. The molecule has 0 unspecified atom stereocenters. The lowest BCUT2D eigenvalue weighted by atomic mass is 10.0. The van der Waals surface area contributed by atoms with Crippen LogP contribution in [0.25, 0.3) is 0 Å². The number of anilines is 1. The first-order chi connectivity index (χ1) is 7.36. The van der Waals surface area contributed by atoms with Gasteiger partial charge >= 0.3 is 0 Å². The number of quaternary nitrogens is 1. The molecule has 3 aliphatic rings. The topological polar surface area (TPSA) is 23.5 Å². The first-order valence-corrected chi connectivity index (χ1v) is 5.67. The molecule has 2 bridgehead atoms. The van der Waals surface area contributed by atoms with Crippen LogP contribution in [0.2, 0.25) is 0 Å². The van der Waals surface area contributed by atoms with Gasteiger partial charge in [-0.2, -0.15) is 0 Å². The van der Waals surface area contributed by atoms with Gasteiger partial charge in [-0.1, -0.05) is 12.1 Å². The van der Waals surface area contributed by atoms with Crippen LogP contribution in [0.4, 0.5) is 11.4 Å². The number of hydrogen-bond donors (Lipinski definition) is 1. The summed E-state index contributed by atoms with van der Waals surface area (Å²) < 4.78 is 0.989. The summed E-state index contributed by atoms with van der Waals surface area (Å²) in [5.74, 6) is 0. The van der Waals surface area contributed by atoms with Crippen molar-refractivity contribution in [1.29, 1.82) is 0 Å². The minimum atomic E-state index is 0.286. The quantitative estimate of drug-likeness (QED) is 0.723. The van der Waals surface area contributed by atoms with E-state index in [1.165, 1.54) is 11.4 Å². The summed E-state index contributed by atoms with van der Waals surface area (Å²) in [7, 11) is 0. The molecule has 1 aromatic carbocycles. The van der Waals surface area contributed by atoms with Gasteiger partial charge in [-0.15, -0.1) is 0 Å². The number of aliphatic hydroxyl groups is 1. The van der Waals surface area contributed by atoms with Gasteiger partial charge in [-0.25, -0.2) is 0 Å². The highest BCUT2D eigenvalue weighted by Gasteiger charge is 2.42. The summed E-state index contributed by atoms with van der Waals surface area (Å²) in [5, 5.41) is 9.23. The molecule has 4 rings (SSSR count). The normalized spacial score (nSPS) is 21.5. The Morgan fingerprint density at radius 1 is 1.20 bits per heavy atom. The maximum Gasteiger partial charge on any atom is 0.156 e. The highest BCUT2D eigenvalue weighted by atomic mass is 16.3. The van der Waals surface area contributed by atoms with Crippen LogP contribution in [0, 0.1) is 0 Å². The summed E-state index contributed by atoms with van der Waals surface area (Å²) in [5.41, 5.74) is 2.78. The second kappa shape index (κ2) is 3.22. The van der Waals surface area contributed by atoms with E-state index in [4.69, 9.17) is 0 Å². The average molecular weight is 205 g/mol. The zero-order valence-corrected chi connectivity index (χ0v) is 8.89. The van der Waals surface area contributed by atoms with Gasteiger partial charge in [0.05, 0.1) is 25.4 Å². The molecule has 0 saturated carbocycles. The Balaban J connectivity index is 2.11. The van der Waals surface area contributed by atoms with Crippen molar-refractivity contribution in [2.24, 2.45) is 0 Å². The molecule has 3 aliphatic heterocycles. The Labute approximate surface area is 90.1 Å². The first kappa shape index (κ1) is 9.19. The molecule has 80 valence electrons. The first-order valence-electron chi connectivity index (χ1n) is 5.67. The maximum atomic E-state index is 9.23. The van der Waals surface area contributed by atoms with Gasteiger partial charge in [-0.3, -0.25) is 4.48 Å². The van der Waals surface area contributed by atoms with E-state index < -0.39 is 0 Å². The molecule has 3 heterocycles. The van der Waals surface area contributed by atoms with Crippen LogP contribution < -0.4 is 9.38 Å². The van der Waals surface area contributed by atoms with E-state index in [9.17, 15) is 5.11 Å². The van der Waals surface area contributed by atoms with E-state index in [0.29, 0.717) is 0 Å². The van der Waals surface area contributed by atoms with Crippen molar-refractivity contribution in [2.75, 3.05) is 44.2 Å². The third-order valence-corrected chi connectivity index (χ3v) is 3.86. The minimum absolute atomic E-state index is 0.286. The largest absolute Gasteiger partial charge is 0.390 e. The van der Waals surface area contributed by atoms with Crippen LogP contribution in [-0.2, 0) is 0 Å². The monoisotopic (exact) mass is 205 g/mol. The van der Waals surface area contributed by atoms with Crippen molar-refractivity contribution >= 4 is 11.4 Å². The highest BCUT2D eigenvalue weighted by molar-refractivity contribution is 5.73. The SMILES string of the molecule is OCC[N+]12CCN(CC1)c1ccccc12. The van der Waals surface area contributed by atoms with Crippen LogP contribution >= 0.6 is 0 Å². The number of hydrogen-bond acceptors (Lipinski definition) is 2. The predicted octanol–water partition coefficient (Wildman–Crippen LogP) is 0.820. The van der Waals surface area contributed by atoms with Gasteiger partial charge in [-0.05, 0) is 6.07 Å². The molecule has 15 heavy (non-hydrogen) atoms.